The highest BCUT2D eigenvalue weighted by molar-refractivity contribution is 7.12. The van der Waals surface area contributed by atoms with Crippen LogP contribution in [-0.2, 0) is 6.42 Å². The summed E-state index contributed by atoms with van der Waals surface area (Å²) in [5.74, 6) is 0. The molecular weight excluding hydrogens is 240 g/mol. The van der Waals surface area contributed by atoms with Crippen LogP contribution in [0.25, 0.3) is 0 Å². The minimum absolute atomic E-state index is 0.428. The molecule has 1 atom stereocenters. The maximum Gasteiger partial charge on any atom is 0.0302 e. The van der Waals surface area contributed by atoms with Crippen molar-refractivity contribution in [3.05, 3.63) is 51.5 Å². The molecule has 0 fully saturated rings. The number of hydrogen-bond acceptors (Lipinski definition) is 3. The van der Waals surface area contributed by atoms with Crippen LogP contribution in [-0.4, -0.2) is 11.5 Å². The summed E-state index contributed by atoms with van der Waals surface area (Å²) in [7, 11) is 0. The highest BCUT2D eigenvalue weighted by atomic mass is 32.1. The summed E-state index contributed by atoms with van der Waals surface area (Å²) in [6.45, 7) is 7.61. The van der Waals surface area contributed by atoms with Crippen molar-refractivity contribution < 1.29 is 0 Å². The van der Waals surface area contributed by atoms with Gasteiger partial charge in [-0.15, -0.1) is 11.3 Å². The Hall–Kier alpha value is -1.19. The van der Waals surface area contributed by atoms with Crippen molar-refractivity contribution >= 4 is 11.3 Å². The molecular formula is C15H20N2S. The van der Waals surface area contributed by atoms with Gasteiger partial charge in [0, 0.05) is 28.2 Å². The Morgan fingerprint density at radius 3 is 2.61 bits per heavy atom. The van der Waals surface area contributed by atoms with Gasteiger partial charge in [0.05, 0.1) is 0 Å². The van der Waals surface area contributed by atoms with Crippen molar-refractivity contribution in [2.45, 2.75) is 33.2 Å². The Morgan fingerprint density at radius 2 is 2.00 bits per heavy atom. The molecule has 1 unspecified atom stereocenters. The zero-order valence-electron chi connectivity index (χ0n) is 11.2. The Balaban J connectivity index is 1.85. The molecule has 96 valence electrons. The summed E-state index contributed by atoms with van der Waals surface area (Å²) in [5.41, 5.74) is 2.77. The Labute approximate surface area is 113 Å². The Morgan fingerprint density at radius 1 is 1.28 bits per heavy atom. The van der Waals surface area contributed by atoms with E-state index in [2.05, 4.69) is 49.3 Å². The SMILES string of the molecule is Cc1cc(C(C)NCCc2ccncc2)c(C)s1. The normalized spacial score (nSPS) is 12.6. The maximum atomic E-state index is 4.03. The molecule has 0 aliphatic rings. The van der Waals surface area contributed by atoms with E-state index in [1.54, 1.807) is 0 Å². The summed E-state index contributed by atoms with van der Waals surface area (Å²) in [4.78, 5) is 6.85. The van der Waals surface area contributed by atoms with Gasteiger partial charge in [0.25, 0.3) is 0 Å². The van der Waals surface area contributed by atoms with Crippen LogP contribution in [0.1, 0.15) is 33.8 Å². The molecule has 0 aliphatic carbocycles. The summed E-state index contributed by atoms with van der Waals surface area (Å²) in [5, 5.41) is 3.59. The lowest BCUT2D eigenvalue weighted by Gasteiger charge is -2.13. The first-order valence-electron chi connectivity index (χ1n) is 6.36. The second-order valence-electron chi connectivity index (χ2n) is 4.65. The number of aromatic nitrogens is 1. The molecule has 0 radical (unpaired) electrons. The third-order valence-electron chi connectivity index (χ3n) is 3.16. The number of pyridine rings is 1. The number of hydrogen-bond donors (Lipinski definition) is 1. The average Bonchev–Trinajstić information content (AvgIpc) is 2.70. The molecule has 0 saturated heterocycles. The van der Waals surface area contributed by atoms with E-state index < -0.39 is 0 Å². The molecule has 0 bridgehead atoms. The molecule has 0 amide bonds. The van der Waals surface area contributed by atoms with E-state index >= 15 is 0 Å². The monoisotopic (exact) mass is 260 g/mol. The molecule has 0 aromatic carbocycles. The highest BCUT2D eigenvalue weighted by Gasteiger charge is 2.10. The van der Waals surface area contributed by atoms with Gasteiger partial charge >= 0.3 is 0 Å². The number of nitrogens with one attached hydrogen (secondary N) is 1. The van der Waals surface area contributed by atoms with Crippen molar-refractivity contribution in [1.29, 1.82) is 0 Å². The van der Waals surface area contributed by atoms with Crippen molar-refractivity contribution in [3.8, 4) is 0 Å². The predicted molar refractivity (Wildman–Crippen MR) is 78.2 cm³/mol. The van der Waals surface area contributed by atoms with E-state index in [1.807, 2.05) is 23.7 Å². The predicted octanol–water partition coefficient (Wildman–Crippen LogP) is 3.65. The third-order valence-corrected chi connectivity index (χ3v) is 4.14. The van der Waals surface area contributed by atoms with Gasteiger partial charge in [-0.25, -0.2) is 0 Å². The van der Waals surface area contributed by atoms with Crippen molar-refractivity contribution in [2.75, 3.05) is 6.54 Å². The highest BCUT2D eigenvalue weighted by Crippen LogP contribution is 2.25. The number of rotatable bonds is 5. The molecule has 0 aliphatic heterocycles. The van der Waals surface area contributed by atoms with Crippen molar-refractivity contribution in [3.63, 3.8) is 0 Å². The molecule has 1 N–H and O–H groups in total. The summed E-state index contributed by atoms with van der Waals surface area (Å²) < 4.78 is 0. The average molecular weight is 260 g/mol. The largest absolute Gasteiger partial charge is 0.310 e. The Kier molecular flexibility index (Phi) is 4.50. The number of aryl methyl sites for hydroxylation is 2. The van der Waals surface area contributed by atoms with Crippen LogP contribution < -0.4 is 5.32 Å². The maximum absolute atomic E-state index is 4.03. The Bertz CT molecular complexity index is 490. The van der Waals surface area contributed by atoms with Gasteiger partial charge < -0.3 is 5.32 Å². The standard InChI is InChI=1S/C15H20N2S/c1-11-10-15(13(3)18-11)12(2)17-9-6-14-4-7-16-8-5-14/h4-5,7-8,10,12,17H,6,9H2,1-3H3. The van der Waals surface area contributed by atoms with Crippen LogP contribution in [0, 0.1) is 13.8 Å². The third kappa shape index (κ3) is 3.40. The number of thiophene rings is 1. The van der Waals surface area contributed by atoms with Crippen LogP contribution in [0.4, 0.5) is 0 Å². The first-order valence-corrected chi connectivity index (χ1v) is 7.17. The van der Waals surface area contributed by atoms with E-state index in [9.17, 15) is 0 Å². The zero-order chi connectivity index (χ0) is 13.0. The molecule has 2 rings (SSSR count). The molecule has 2 nitrogen and oxygen atoms in total. The van der Waals surface area contributed by atoms with Gasteiger partial charge in [0.2, 0.25) is 0 Å². The van der Waals surface area contributed by atoms with E-state index in [4.69, 9.17) is 0 Å². The van der Waals surface area contributed by atoms with Gasteiger partial charge in [0.15, 0.2) is 0 Å². The molecule has 2 aromatic rings. The lowest BCUT2D eigenvalue weighted by Crippen LogP contribution is -2.21. The minimum Gasteiger partial charge on any atom is -0.310 e. The van der Waals surface area contributed by atoms with Gasteiger partial charge in [-0.1, -0.05) is 0 Å². The fourth-order valence-electron chi connectivity index (χ4n) is 2.17. The summed E-state index contributed by atoms with van der Waals surface area (Å²) in [6.07, 6.45) is 4.76. The van der Waals surface area contributed by atoms with E-state index in [-0.39, 0.29) is 0 Å². The van der Waals surface area contributed by atoms with Gasteiger partial charge in [0.1, 0.15) is 0 Å². The number of nitrogens with zero attached hydrogens (tertiary/aromatic N) is 1. The summed E-state index contributed by atoms with van der Waals surface area (Å²) >= 11 is 1.88. The van der Waals surface area contributed by atoms with Crippen molar-refractivity contribution in [2.24, 2.45) is 0 Å². The van der Waals surface area contributed by atoms with Crippen LogP contribution in [0.3, 0.4) is 0 Å². The lowest BCUT2D eigenvalue weighted by atomic mass is 10.1. The van der Waals surface area contributed by atoms with Crippen LogP contribution >= 0.6 is 11.3 Å². The minimum atomic E-state index is 0.428. The van der Waals surface area contributed by atoms with E-state index in [1.165, 1.54) is 20.9 Å². The molecule has 0 saturated carbocycles. The molecule has 3 heteroatoms. The van der Waals surface area contributed by atoms with Crippen molar-refractivity contribution in [1.82, 2.24) is 10.3 Å². The molecule has 2 heterocycles. The topological polar surface area (TPSA) is 24.9 Å². The quantitative estimate of drug-likeness (QED) is 0.887. The van der Waals surface area contributed by atoms with Crippen LogP contribution in [0.5, 0.6) is 0 Å². The van der Waals surface area contributed by atoms with Crippen LogP contribution in [0.2, 0.25) is 0 Å². The van der Waals surface area contributed by atoms with Gasteiger partial charge in [-0.2, -0.15) is 0 Å². The second kappa shape index (κ2) is 6.12. The second-order valence-corrected chi connectivity index (χ2v) is 6.11. The lowest BCUT2D eigenvalue weighted by molar-refractivity contribution is 0.576. The fraction of sp³-hybridized carbons (Fsp3) is 0.400. The summed E-state index contributed by atoms with van der Waals surface area (Å²) in [6, 6.07) is 6.87. The first-order chi connectivity index (χ1) is 8.66. The fourth-order valence-corrected chi connectivity index (χ4v) is 3.20. The van der Waals surface area contributed by atoms with Gasteiger partial charge in [-0.05, 0) is 63.1 Å². The van der Waals surface area contributed by atoms with Crippen LogP contribution in [0.15, 0.2) is 30.6 Å². The zero-order valence-corrected chi connectivity index (χ0v) is 12.1. The van der Waals surface area contributed by atoms with E-state index in [0.717, 1.165) is 13.0 Å². The molecule has 18 heavy (non-hydrogen) atoms. The van der Waals surface area contributed by atoms with Gasteiger partial charge in [-0.3, -0.25) is 4.98 Å². The first kappa shape index (κ1) is 13.2. The smallest absolute Gasteiger partial charge is 0.0302 e. The molecule has 2 aromatic heterocycles. The van der Waals surface area contributed by atoms with E-state index in [0.29, 0.717) is 6.04 Å². The molecule has 0 spiro atoms.